The smallest absolute Gasteiger partial charge is 0.130 e. The van der Waals surface area contributed by atoms with Crippen molar-refractivity contribution in [3.8, 4) is 11.5 Å². The molecule has 0 fully saturated rings. The van der Waals surface area contributed by atoms with Gasteiger partial charge in [-0.25, -0.2) is 0 Å². The first kappa shape index (κ1) is 15.6. The van der Waals surface area contributed by atoms with Crippen molar-refractivity contribution in [3.05, 3.63) is 95.1 Å². The maximum atomic E-state index is 10.5. The topological polar surface area (TPSA) is 40.5 Å². The van der Waals surface area contributed by atoms with Crippen molar-refractivity contribution in [1.29, 1.82) is 0 Å². The van der Waals surface area contributed by atoms with E-state index < -0.39 is 0 Å². The van der Waals surface area contributed by atoms with Crippen molar-refractivity contribution in [2.45, 2.75) is 0 Å². The number of hydrogen-bond acceptors (Lipinski definition) is 2. The first-order chi connectivity index (χ1) is 11.7. The van der Waals surface area contributed by atoms with Gasteiger partial charge in [-0.1, -0.05) is 85.0 Å². The van der Waals surface area contributed by atoms with Gasteiger partial charge in [0.15, 0.2) is 0 Å². The fourth-order valence-electron chi connectivity index (χ4n) is 2.42. The van der Waals surface area contributed by atoms with Gasteiger partial charge in [-0.2, -0.15) is 0 Å². The molecule has 118 valence electrons. The maximum absolute atomic E-state index is 10.5. The Morgan fingerprint density at radius 2 is 0.958 bits per heavy atom. The maximum Gasteiger partial charge on any atom is 0.130 e. The normalized spacial score (nSPS) is 11.3. The molecule has 24 heavy (non-hydrogen) atoms. The van der Waals surface area contributed by atoms with Gasteiger partial charge >= 0.3 is 0 Å². The van der Waals surface area contributed by atoms with Crippen LogP contribution in [0, 0.1) is 0 Å². The second kappa shape index (κ2) is 7.34. The monoisotopic (exact) mass is 314 g/mol. The number of benzene rings is 3. The predicted molar refractivity (Wildman–Crippen MR) is 101 cm³/mol. The highest BCUT2D eigenvalue weighted by Gasteiger charge is 2.05. The fourth-order valence-corrected chi connectivity index (χ4v) is 2.42. The molecule has 0 aliphatic rings. The molecular formula is C22H18O2. The van der Waals surface area contributed by atoms with Gasteiger partial charge in [-0.3, -0.25) is 0 Å². The Hall–Kier alpha value is -3.26. The fraction of sp³-hybridized carbons (Fsp3) is 0. The van der Waals surface area contributed by atoms with E-state index in [1.165, 1.54) is 0 Å². The molecule has 0 radical (unpaired) electrons. The molecule has 3 aromatic rings. The molecule has 0 aromatic heterocycles. The Morgan fingerprint density at radius 3 is 1.38 bits per heavy atom. The lowest BCUT2D eigenvalue weighted by molar-refractivity contribution is 0.458. The molecule has 0 aliphatic heterocycles. The Bertz CT molecular complexity index is 792. The van der Waals surface area contributed by atoms with Gasteiger partial charge in [0, 0.05) is 11.1 Å². The summed E-state index contributed by atoms with van der Waals surface area (Å²) < 4.78 is 0. The van der Waals surface area contributed by atoms with Crippen molar-refractivity contribution in [2.75, 3.05) is 0 Å². The van der Waals surface area contributed by atoms with Crippen LogP contribution in [-0.4, -0.2) is 10.2 Å². The van der Waals surface area contributed by atoms with Crippen molar-refractivity contribution in [3.63, 3.8) is 0 Å². The zero-order valence-corrected chi connectivity index (χ0v) is 13.1. The standard InChI is InChI=1S/C22H18O2/c23-21-15-19(13-11-17-7-3-1-4-8-17)22(24)20(16-21)14-12-18-9-5-2-6-10-18/h1-16,23-24H. The van der Waals surface area contributed by atoms with Crippen LogP contribution in [0.1, 0.15) is 22.3 Å². The highest BCUT2D eigenvalue weighted by Crippen LogP contribution is 2.31. The molecule has 3 aromatic carbocycles. The summed E-state index contributed by atoms with van der Waals surface area (Å²) in [6, 6.07) is 22.7. The van der Waals surface area contributed by atoms with Crippen LogP contribution >= 0.6 is 0 Å². The van der Waals surface area contributed by atoms with E-state index >= 15 is 0 Å². The number of phenols is 2. The molecule has 0 amide bonds. The highest BCUT2D eigenvalue weighted by molar-refractivity contribution is 5.80. The minimum Gasteiger partial charge on any atom is -0.508 e. The second-order valence-corrected chi connectivity index (χ2v) is 5.46. The molecule has 2 heteroatoms. The van der Waals surface area contributed by atoms with E-state index in [-0.39, 0.29) is 11.5 Å². The second-order valence-electron chi connectivity index (χ2n) is 5.46. The molecule has 0 aliphatic carbocycles. The minimum atomic E-state index is 0.119. The van der Waals surface area contributed by atoms with Gasteiger partial charge in [0.2, 0.25) is 0 Å². The van der Waals surface area contributed by atoms with Crippen LogP contribution in [0.5, 0.6) is 11.5 Å². The summed E-state index contributed by atoms with van der Waals surface area (Å²) in [6.45, 7) is 0. The molecule has 0 atom stereocenters. The van der Waals surface area contributed by atoms with E-state index in [0.717, 1.165) is 11.1 Å². The Labute approximate surface area is 141 Å². The van der Waals surface area contributed by atoms with Gasteiger partial charge in [-0.15, -0.1) is 0 Å². The largest absolute Gasteiger partial charge is 0.508 e. The van der Waals surface area contributed by atoms with Crippen molar-refractivity contribution >= 4 is 24.3 Å². The Kier molecular flexibility index (Phi) is 4.78. The molecule has 0 bridgehead atoms. The van der Waals surface area contributed by atoms with Crippen LogP contribution in [0.3, 0.4) is 0 Å². The third kappa shape index (κ3) is 3.93. The first-order valence-electron chi connectivity index (χ1n) is 7.74. The van der Waals surface area contributed by atoms with Crippen LogP contribution in [0.2, 0.25) is 0 Å². The van der Waals surface area contributed by atoms with E-state index in [2.05, 4.69) is 0 Å². The summed E-state index contributed by atoms with van der Waals surface area (Å²) in [5, 5.41) is 20.4. The summed E-state index contributed by atoms with van der Waals surface area (Å²) in [4.78, 5) is 0. The van der Waals surface area contributed by atoms with Crippen molar-refractivity contribution in [2.24, 2.45) is 0 Å². The molecule has 0 heterocycles. The lowest BCUT2D eigenvalue weighted by Gasteiger charge is -2.05. The summed E-state index contributed by atoms with van der Waals surface area (Å²) in [7, 11) is 0. The Morgan fingerprint density at radius 1 is 0.542 bits per heavy atom. The van der Waals surface area contributed by atoms with E-state index in [9.17, 15) is 10.2 Å². The molecule has 3 rings (SSSR count). The van der Waals surface area contributed by atoms with Crippen LogP contribution in [0.15, 0.2) is 72.8 Å². The SMILES string of the molecule is Oc1cc(C=Cc2ccccc2)c(O)c(C=Cc2ccccc2)c1. The molecule has 0 saturated heterocycles. The third-order valence-electron chi connectivity index (χ3n) is 3.66. The molecule has 2 N–H and O–H groups in total. The Balaban J connectivity index is 1.90. The molecule has 0 unspecified atom stereocenters. The molecule has 0 saturated carbocycles. The highest BCUT2D eigenvalue weighted by atomic mass is 16.3. The molecular weight excluding hydrogens is 296 g/mol. The van der Waals surface area contributed by atoms with Crippen LogP contribution in [0.4, 0.5) is 0 Å². The average Bonchev–Trinajstić information content (AvgIpc) is 2.62. The van der Waals surface area contributed by atoms with E-state index in [1.807, 2.05) is 72.8 Å². The van der Waals surface area contributed by atoms with Crippen LogP contribution < -0.4 is 0 Å². The van der Waals surface area contributed by atoms with Gasteiger partial charge in [0.25, 0.3) is 0 Å². The number of rotatable bonds is 4. The quantitative estimate of drug-likeness (QED) is 0.497. The summed E-state index contributed by atoms with van der Waals surface area (Å²) in [6.07, 6.45) is 7.40. The van der Waals surface area contributed by atoms with Crippen LogP contribution in [0.25, 0.3) is 24.3 Å². The first-order valence-corrected chi connectivity index (χ1v) is 7.74. The summed E-state index contributed by atoms with van der Waals surface area (Å²) in [5.74, 6) is 0.264. The van der Waals surface area contributed by atoms with E-state index in [4.69, 9.17) is 0 Å². The third-order valence-corrected chi connectivity index (χ3v) is 3.66. The molecule has 0 spiro atoms. The number of hydrogen-bond donors (Lipinski definition) is 2. The van der Waals surface area contributed by atoms with E-state index in [1.54, 1.807) is 24.3 Å². The molecule has 2 nitrogen and oxygen atoms in total. The number of phenolic OH excluding ortho intramolecular Hbond substituents is 2. The van der Waals surface area contributed by atoms with Crippen molar-refractivity contribution in [1.82, 2.24) is 0 Å². The van der Waals surface area contributed by atoms with Crippen LogP contribution in [-0.2, 0) is 0 Å². The lowest BCUT2D eigenvalue weighted by atomic mass is 10.0. The zero-order chi connectivity index (χ0) is 16.8. The number of aromatic hydroxyl groups is 2. The van der Waals surface area contributed by atoms with Gasteiger partial charge in [-0.05, 0) is 23.3 Å². The van der Waals surface area contributed by atoms with Gasteiger partial charge in [0.1, 0.15) is 11.5 Å². The van der Waals surface area contributed by atoms with Gasteiger partial charge in [0.05, 0.1) is 0 Å². The average molecular weight is 314 g/mol. The van der Waals surface area contributed by atoms with Crippen molar-refractivity contribution < 1.29 is 10.2 Å². The van der Waals surface area contributed by atoms with E-state index in [0.29, 0.717) is 11.1 Å². The minimum absolute atomic E-state index is 0.119. The van der Waals surface area contributed by atoms with Gasteiger partial charge < -0.3 is 10.2 Å². The predicted octanol–water partition coefficient (Wildman–Crippen LogP) is 5.44. The lowest BCUT2D eigenvalue weighted by Crippen LogP contribution is -1.82. The summed E-state index contributed by atoms with van der Waals surface area (Å²) >= 11 is 0. The summed E-state index contributed by atoms with van der Waals surface area (Å²) in [5.41, 5.74) is 3.21. The zero-order valence-electron chi connectivity index (χ0n) is 13.1.